The molecule has 3 aliphatic carbocycles. The van der Waals surface area contributed by atoms with Gasteiger partial charge in [-0.25, -0.2) is 0 Å². The van der Waals surface area contributed by atoms with Crippen molar-refractivity contribution in [2.45, 2.75) is 30.6 Å². The number of carbonyl (C=O) groups excluding carboxylic acids is 3. The number of aliphatic hydroxyl groups excluding tert-OH is 3. The van der Waals surface area contributed by atoms with E-state index >= 15 is 0 Å². The summed E-state index contributed by atoms with van der Waals surface area (Å²) in [6.45, 7) is 5.41. The third-order valence-electron chi connectivity index (χ3n) is 8.59. The number of phenols is 1. The van der Waals surface area contributed by atoms with Gasteiger partial charge in [0, 0.05) is 17.1 Å². The zero-order valence-electron chi connectivity index (χ0n) is 22.1. The van der Waals surface area contributed by atoms with Crippen LogP contribution >= 0.6 is 0 Å². The molecule has 2 aromatic rings. The van der Waals surface area contributed by atoms with Crippen molar-refractivity contribution in [2.24, 2.45) is 17.6 Å². The largest absolute Gasteiger partial charge is 0.508 e. The number of likely N-dealkylation sites (N-methyl/N-ethyl adjacent to an activating group) is 1. The number of aliphatic hydroxyl groups is 4. The number of nitrogens with zero attached hydrogens (tertiary/aromatic N) is 1. The van der Waals surface area contributed by atoms with Gasteiger partial charge in [0.1, 0.15) is 22.8 Å². The molecule has 3 aliphatic rings. The monoisotopic (exact) mass is 546 g/mol. The van der Waals surface area contributed by atoms with Gasteiger partial charge in [-0.05, 0) is 36.7 Å². The number of hydrogen-bond acceptors (Lipinski definition) is 9. The van der Waals surface area contributed by atoms with Crippen LogP contribution in [0.4, 0.5) is 0 Å². The Kier molecular flexibility index (Phi) is 6.25. The van der Waals surface area contributed by atoms with Crippen LogP contribution in [0.1, 0.15) is 29.5 Å². The number of ketones is 2. The van der Waals surface area contributed by atoms with Gasteiger partial charge in [-0.3, -0.25) is 19.3 Å². The Morgan fingerprint density at radius 2 is 1.70 bits per heavy atom. The number of amides is 1. The fourth-order valence-electron chi connectivity index (χ4n) is 6.65. The van der Waals surface area contributed by atoms with Crippen LogP contribution in [0.5, 0.6) is 5.75 Å². The van der Waals surface area contributed by atoms with E-state index in [1.54, 1.807) is 49.4 Å². The first-order valence-corrected chi connectivity index (χ1v) is 12.7. The van der Waals surface area contributed by atoms with Crippen molar-refractivity contribution in [3.05, 3.63) is 76.6 Å². The molecule has 40 heavy (non-hydrogen) atoms. The standard InChI is InChI=1S/C30H30N2O8/c1-5-13-6-8-14(9-7-13)16-11-10-15-12(2)17-19(24(34)18(15)23(16)33)27(37)30(40)21(25(17)35)22(32(3)4)26(36)20(28(30)38)29(31)39/h5-12,17,21-22,25,33-35,38,40H,1H2,2-4H3,(H2,31,39)/t12-,17+,21+,22-,25-,30-/m0/s1. The smallest absolute Gasteiger partial charge is 0.255 e. The molecular weight excluding hydrogens is 516 g/mol. The molecule has 6 atom stereocenters. The van der Waals surface area contributed by atoms with E-state index < -0.39 is 75.6 Å². The lowest BCUT2D eigenvalue weighted by atomic mass is 9.54. The lowest BCUT2D eigenvalue weighted by molar-refractivity contribution is -0.169. The van der Waals surface area contributed by atoms with Gasteiger partial charge in [-0.15, -0.1) is 0 Å². The quantitative estimate of drug-likeness (QED) is 0.312. The van der Waals surface area contributed by atoms with Gasteiger partial charge in [0.05, 0.1) is 23.6 Å². The summed E-state index contributed by atoms with van der Waals surface area (Å²) in [6.07, 6.45) is 0.0314. The molecule has 0 aliphatic heterocycles. The molecule has 1 saturated carbocycles. The Morgan fingerprint density at radius 3 is 2.25 bits per heavy atom. The van der Waals surface area contributed by atoms with E-state index in [4.69, 9.17) is 5.73 Å². The van der Waals surface area contributed by atoms with E-state index in [0.29, 0.717) is 16.7 Å². The van der Waals surface area contributed by atoms with Crippen LogP contribution in [0.25, 0.3) is 23.0 Å². The zero-order valence-corrected chi connectivity index (χ0v) is 22.1. The van der Waals surface area contributed by atoms with Crippen molar-refractivity contribution in [1.29, 1.82) is 0 Å². The van der Waals surface area contributed by atoms with Gasteiger partial charge in [0.15, 0.2) is 11.4 Å². The second kappa shape index (κ2) is 9.16. The van der Waals surface area contributed by atoms with Gasteiger partial charge in [-0.2, -0.15) is 0 Å². The average Bonchev–Trinajstić information content (AvgIpc) is 2.90. The van der Waals surface area contributed by atoms with E-state index in [1.165, 1.54) is 19.0 Å². The average molecular weight is 547 g/mol. The number of benzene rings is 2. The van der Waals surface area contributed by atoms with Crippen molar-refractivity contribution in [1.82, 2.24) is 4.90 Å². The summed E-state index contributed by atoms with van der Waals surface area (Å²) in [5, 5.41) is 57.2. The van der Waals surface area contributed by atoms with Crippen molar-refractivity contribution in [2.75, 3.05) is 14.1 Å². The summed E-state index contributed by atoms with van der Waals surface area (Å²) in [4.78, 5) is 40.8. The number of rotatable bonds is 4. The molecule has 0 radical (unpaired) electrons. The molecule has 0 bridgehead atoms. The summed E-state index contributed by atoms with van der Waals surface area (Å²) >= 11 is 0. The molecule has 10 heteroatoms. The van der Waals surface area contributed by atoms with Gasteiger partial charge in [-0.1, -0.05) is 56.0 Å². The molecule has 1 fully saturated rings. The number of carbonyl (C=O) groups is 3. The minimum Gasteiger partial charge on any atom is -0.508 e. The highest BCUT2D eigenvalue weighted by Gasteiger charge is 2.68. The Bertz CT molecular complexity index is 1550. The van der Waals surface area contributed by atoms with Crippen LogP contribution in [0.2, 0.25) is 0 Å². The maximum Gasteiger partial charge on any atom is 0.255 e. The molecular formula is C30H30N2O8. The topological polar surface area (TPSA) is 182 Å². The number of phenolic OH excluding ortho intramolecular Hbond substituents is 1. The molecule has 0 unspecified atom stereocenters. The normalized spacial score (nSPS) is 29.7. The van der Waals surface area contributed by atoms with E-state index in [9.17, 15) is 39.9 Å². The molecule has 7 N–H and O–H groups in total. The van der Waals surface area contributed by atoms with Crippen molar-refractivity contribution in [3.63, 3.8) is 0 Å². The first kappa shape index (κ1) is 27.3. The number of nitrogens with two attached hydrogens (primary N) is 1. The Labute approximate surface area is 230 Å². The molecule has 5 rings (SSSR count). The van der Waals surface area contributed by atoms with E-state index in [-0.39, 0.29) is 11.3 Å². The first-order valence-electron chi connectivity index (χ1n) is 12.7. The first-order chi connectivity index (χ1) is 18.8. The molecule has 0 saturated heterocycles. The molecule has 0 spiro atoms. The van der Waals surface area contributed by atoms with Crippen molar-refractivity contribution in [3.8, 4) is 16.9 Å². The van der Waals surface area contributed by atoms with Gasteiger partial charge in [0.25, 0.3) is 5.91 Å². The van der Waals surface area contributed by atoms with Gasteiger partial charge in [0.2, 0.25) is 5.78 Å². The Hall–Kier alpha value is -4.25. The highest BCUT2D eigenvalue weighted by atomic mass is 16.4. The molecule has 10 nitrogen and oxygen atoms in total. The number of Topliss-reactive ketones (excluding diaryl/α,β-unsaturated/α-hetero) is 2. The van der Waals surface area contributed by atoms with Crippen LogP contribution in [0.3, 0.4) is 0 Å². The van der Waals surface area contributed by atoms with Gasteiger partial charge < -0.3 is 31.3 Å². The zero-order chi connectivity index (χ0) is 29.4. The summed E-state index contributed by atoms with van der Waals surface area (Å²) in [5.74, 6) is -9.13. The second-order valence-electron chi connectivity index (χ2n) is 10.8. The minimum atomic E-state index is -2.95. The maximum absolute atomic E-state index is 14.1. The summed E-state index contributed by atoms with van der Waals surface area (Å²) < 4.78 is 0. The second-order valence-corrected chi connectivity index (χ2v) is 10.8. The van der Waals surface area contributed by atoms with Gasteiger partial charge >= 0.3 is 0 Å². The molecule has 0 aromatic heterocycles. The lowest BCUT2D eigenvalue weighted by Gasteiger charge is -2.53. The van der Waals surface area contributed by atoms with Crippen LogP contribution in [0, 0.1) is 11.8 Å². The van der Waals surface area contributed by atoms with Crippen LogP contribution in [-0.2, 0) is 14.4 Å². The fourth-order valence-corrected chi connectivity index (χ4v) is 6.65. The van der Waals surface area contributed by atoms with Crippen LogP contribution in [0.15, 0.2) is 59.9 Å². The number of primary amides is 1. The van der Waals surface area contributed by atoms with E-state index in [1.807, 2.05) is 0 Å². The minimum absolute atomic E-state index is 0.0544. The predicted molar refractivity (Wildman–Crippen MR) is 146 cm³/mol. The molecule has 0 heterocycles. The highest BCUT2D eigenvalue weighted by molar-refractivity contribution is 6.24. The Morgan fingerprint density at radius 1 is 1.07 bits per heavy atom. The van der Waals surface area contributed by atoms with Crippen molar-refractivity contribution >= 4 is 29.3 Å². The Balaban J connectivity index is 1.76. The molecule has 208 valence electrons. The number of hydrogen-bond donors (Lipinski definition) is 6. The predicted octanol–water partition coefficient (Wildman–Crippen LogP) is 1.81. The SMILES string of the molecule is C=Cc1ccc(-c2ccc3c(c2O)C(O)=C2C(=O)[C@]4(O)C(O)=C(C(N)=O)C(=O)[C@@H](N(C)C)[C@@H]4[C@@H](O)[C@@H]2[C@H]3C)cc1. The molecule has 2 aromatic carbocycles. The van der Waals surface area contributed by atoms with E-state index in [0.717, 1.165) is 5.56 Å². The number of aromatic hydroxyl groups is 1. The summed E-state index contributed by atoms with van der Waals surface area (Å²) in [6, 6.07) is 9.07. The molecule has 1 amide bonds. The summed E-state index contributed by atoms with van der Waals surface area (Å²) in [7, 11) is 2.93. The maximum atomic E-state index is 14.1. The fraction of sp³-hybridized carbons (Fsp3) is 0.300. The third-order valence-corrected chi connectivity index (χ3v) is 8.59. The van der Waals surface area contributed by atoms with Crippen LogP contribution < -0.4 is 5.73 Å². The van der Waals surface area contributed by atoms with E-state index in [2.05, 4.69) is 6.58 Å². The van der Waals surface area contributed by atoms with Crippen molar-refractivity contribution < 1.29 is 39.9 Å². The van der Waals surface area contributed by atoms with Crippen LogP contribution in [-0.4, -0.2) is 79.7 Å². The third kappa shape index (κ3) is 3.43. The summed E-state index contributed by atoms with van der Waals surface area (Å²) in [5.41, 5.74) is 3.25. The number of fused-ring (bicyclic) bond motifs is 3. The highest BCUT2D eigenvalue weighted by Crippen LogP contribution is 2.56. The lowest BCUT2D eigenvalue weighted by Crippen LogP contribution is -2.70.